The van der Waals surface area contributed by atoms with E-state index < -0.39 is 0 Å². The summed E-state index contributed by atoms with van der Waals surface area (Å²) in [6, 6.07) is 21.8. The van der Waals surface area contributed by atoms with E-state index in [2.05, 4.69) is 0 Å². The molecule has 2 nitrogen and oxygen atoms in total. The predicted octanol–water partition coefficient (Wildman–Crippen LogP) is 4.27. The van der Waals surface area contributed by atoms with Crippen LogP contribution >= 0.6 is 0 Å². The number of hydrogen-bond acceptors (Lipinski definition) is 1. The van der Waals surface area contributed by atoms with Gasteiger partial charge in [-0.15, -0.1) is 0 Å². The van der Waals surface area contributed by atoms with Crippen molar-refractivity contribution in [2.24, 2.45) is 0 Å². The molecular formula is C16H13NO. The number of nitrogens with zero attached hydrogens (tertiary/aromatic N) is 1. The van der Waals surface area contributed by atoms with Crippen LogP contribution in [0, 0.1) is 0 Å². The number of benzene rings is 2. The Morgan fingerprint density at radius 3 is 2.11 bits per heavy atom. The first-order chi connectivity index (χ1) is 8.93. The number of hydrogen-bond donors (Lipinski definition) is 0. The molecule has 0 N–H and O–H groups in total. The summed E-state index contributed by atoms with van der Waals surface area (Å²) in [4.78, 5) is 0. The summed E-state index contributed by atoms with van der Waals surface area (Å²) >= 11 is 0. The smallest absolute Gasteiger partial charge is 0.151 e. The molecule has 3 rings (SSSR count). The third-order valence-corrected chi connectivity index (χ3v) is 2.72. The van der Waals surface area contributed by atoms with E-state index in [9.17, 15) is 0 Å². The standard InChI is InChI=1S/C16H13NO/c1-2-8-14(9-3-1)18-16-11-5-4-10-15(16)17-12-6-7-13-17/h1-13H. The van der Waals surface area contributed by atoms with Crippen molar-refractivity contribution in [3.63, 3.8) is 0 Å². The van der Waals surface area contributed by atoms with Gasteiger partial charge in [-0.1, -0.05) is 30.3 Å². The Labute approximate surface area is 106 Å². The van der Waals surface area contributed by atoms with Gasteiger partial charge in [0.1, 0.15) is 5.75 Å². The molecule has 3 aromatic rings. The zero-order valence-corrected chi connectivity index (χ0v) is 9.86. The van der Waals surface area contributed by atoms with Gasteiger partial charge in [0.25, 0.3) is 0 Å². The number of ether oxygens (including phenoxy) is 1. The minimum absolute atomic E-state index is 0.845. The molecule has 0 saturated heterocycles. The van der Waals surface area contributed by atoms with Crippen LogP contribution in [0.3, 0.4) is 0 Å². The molecule has 0 aliphatic carbocycles. The average molecular weight is 235 g/mol. The summed E-state index contributed by atoms with van der Waals surface area (Å²) in [5.41, 5.74) is 1.03. The Balaban J connectivity index is 1.98. The van der Waals surface area contributed by atoms with Gasteiger partial charge < -0.3 is 9.30 Å². The largest absolute Gasteiger partial charge is 0.455 e. The fourth-order valence-electron chi connectivity index (χ4n) is 1.87. The van der Waals surface area contributed by atoms with E-state index in [-0.39, 0.29) is 0 Å². The quantitative estimate of drug-likeness (QED) is 0.661. The van der Waals surface area contributed by atoms with Gasteiger partial charge in [-0.2, -0.15) is 0 Å². The topological polar surface area (TPSA) is 14.2 Å². The predicted molar refractivity (Wildman–Crippen MR) is 72.3 cm³/mol. The third-order valence-electron chi connectivity index (χ3n) is 2.72. The molecule has 0 fully saturated rings. The Kier molecular flexibility index (Phi) is 2.84. The van der Waals surface area contributed by atoms with E-state index in [1.54, 1.807) is 0 Å². The number of para-hydroxylation sites is 3. The van der Waals surface area contributed by atoms with Gasteiger partial charge in [-0.3, -0.25) is 0 Å². The highest BCUT2D eigenvalue weighted by molar-refractivity contribution is 5.48. The van der Waals surface area contributed by atoms with Gasteiger partial charge in [0.05, 0.1) is 5.69 Å². The molecule has 0 aliphatic rings. The van der Waals surface area contributed by atoms with E-state index in [1.807, 2.05) is 83.7 Å². The van der Waals surface area contributed by atoms with Crippen molar-refractivity contribution in [3.05, 3.63) is 79.1 Å². The van der Waals surface area contributed by atoms with Crippen LogP contribution in [-0.4, -0.2) is 4.57 Å². The third kappa shape index (κ3) is 2.13. The summed E-state index contributed by atoms with van der Waals surface area (Å²) in [6.07, 6.45) is 4.01. The van der Waals surface area contributed by atoms with Crippen LogP contribution in [0.2, 0.25) is 0 Å². The van der Waals surface area contributed by atoms with Crippen molar-refractivity contribution in [2.45, 2.75) is 0 Å². The van der Waals surface area contributed by atoms with Gasteiger partial charge in [-0.25, -0.2) is 0 Å². The SMILES string of the molecule is c1ccc(Oc2ccccc2-n2cccc2)cc1. The fourth-order valence-corrected chi connectivity index (χ4v) is 1.87. The minimum atomic E-state index is 0.845. The lowest BCUT2D eigenvalue weighted by molar-refractivity contribution is 0.480. The Bertz CT molecular complexity index is 615. The highest BCUT2D eigenvalue weighted by Crippen LogP contribution is 2.27. The summed E-state index contributed by atoms with van der Waals surface area (Å²) in [6.45, 7) is 0. The summed E-state index contributed by atoms with van der Waals surface area (Å²) in [5, 5.41) is 0. The molecule has 1 heterocycles. The van der Waals surface area contributed by atoms with Gasteiger partial charge in [0.2, 0.25) is 0 Å². The summed E-state index contributed by atoms with van der Waals surface area (Å²) in [7, 11) is 0. The average Bonchev–Trinajstić information content (AvgIpc) is 2.94. The summed E-state index contributed by atoms with van der Waals surface area (Å²) in [5.74, 6) is 1.69. The lowest BCUT2D eigenvalue weighted by Crippen LogP contribution is -1.94. The number of aromatic nitrogens is 1. The molecule has 0 radical (unpaired) electrons. The second-order valence-corrected chi connectivity index (χ2v) is 3.97. The van der Waals surface area contributed by atoms with E-state index in [1.165, 1.54) is 0 Å². The maximum absolute atomic E-state index is 5.91. The highest BCUT2D eigenvalue weighted by atomic mass is 16.5. The van der Waals surface area contributed by atoms with Gasteiger partial charge >= 0.3 is 0 Å². The van der Waals surface area contributed by atoms with Crippen LogP contribution < -0.4 is 4.74 Å². The van der Waals surface area contributed by atoms with E-state index in [0.29, 0.717) is 0 Å². The minimum Gasteiger partial charge on any atom is -0.455 e. The van der Waals surface area contributed by atoms with Crippen LogP contribution in [0.5, 0.6) is 11.5 Å². The monoisotopic (exact) mass is 235 g/mol. The van der Waals surface area contributed by atoms with E-state index in [4.69, 9.17) is 4.74 Å². The molecule has 0 atom stereocenters. The lowest BCUT2D eigenvalue weighted by atomic mass is 10.3. The number of rotatable bonds is 3. The van der Waals surface area contributed by atoms with Crippen LogP contribution in [0.1, 0.15) is 0 Å². The van der Waals surface area contributed by atoms with E-state index >= 15 is 0 Å². The van der Waals surface area contributed by atoms with Crippen LogP contribution in [0.25, 0.3) is 5.69 Å². The lowest BCUT2D eigenvalue weighted by Gasteiger charge is -2.11. The molecule has 1 aromatic heterocycles. The van der Waals surface area contributed by atoms with Crippen molar-refractivity contribution in [1.82, 2.24) is 4.57 Å². The van der Waals surface area contributed by atoms with Crippen LogP contribution in [0.15, 0.2) is 79.1 Å². The molecule has 0 spiro atoms. The molecule has 2 heteroatoms. The van der Waals surface area contributed by atoms with Gasteiger partial charge in [0.15, 0.2) is 5.75 Å². The molecule has 88 valence electrons. The van der Waals surface area contributed by atoms with Crippen molar-refractivity contribution in [3.8, 4) is 17.2 Å². The van der Waals surface area contributed by atoms with Crippen molar-refractivity contribution in [1.29, 1.82) is 0 Å². The fraction of sp³-hybridized carbons (Fsp3) is 0. The van der Waals surface area contributed by atoms with Gasteiger partial charge in [-0.05, 0) is 36.4 Å². The molecule has 0 amide bonds. The molecular weight excluding hydrogens is 222 g/mol. The Morgan fingerprint density at radius 1 is 0.667 bits per heavy atom. The molecule has 0 saturated carbocycles. The molecule has 0 aliphatic heterocycles. The van der Waals surface area contributed by atoms with E-state index in [0.717, 1.165) is 17.2 Å². The molecule has 0 unspecified atom stereocenters. The molecule has 2 aromatic carbocycles. The maximum Gasteiger partial charge on any atom is 0.151 e. The Hall–Kier alpha value is -2.48. The first kappa shape index (κ1) is 10.7. The Morgan fingerprint density at radius 2 is 1.33 bits per heavy atom. The van der Waals surface area contributed by atoms with Crippen LogP contribution in [-0.2, 0) is 0 Å². The van der Waals surface area contributed by atoms with Crippen LogP contribution in [0.4, 0.5) is 0 Å². The second kappa shape index (κ2) is 4.80. The molecule has 0 bridgehead atoms. The zero-order chi connectivity index (χ0) is 12.2. The summed E-state index contributed by atoms with van der Waals surface area (Å²) < 4.78 is 7.95. The van der Waals surface area contributed by atoms with Crippen molar-refractivity contribution in [2.75, 3.05) is 0 Å². The van der Waals surface area contributed by atoms with Crippen molar-refractivity contribution >= 4 is 0 Å². The normalized spacial score (nSPS) is 10.2. The molecule has 18 heavy (non-hydrogen) atoms. The first-order valence-electron chi connectivity index (χ1n) is 5.89. The first-order valence-corrected chi connectivity index (χ1v) is 5.89. The van der Waals surface area contributed by atoms with Gasteiger partial charge in [0, 0.05) is 12.4 Å². The zero-order valence-electron chi connectivity index (χ0n) is 9.86. The van der Waals surface area contributed by atoms with Crippen molar-refractivity contribution < 1.29 is 4.74 Å². The second-order valence-electron chi connectivity index (χ2n) is 3.97. The maximum atomic E-state index is 5.91. The highest BCUT2D eigenvalue weighted by Gasteiger charge is 2.04.